The van der Waals surface area contributed by atoms with Gasteiger partial charge in [-0.2, -0.15) is 8.78 Å². The molecule has 1 aromatic rings. The molecule has 1 saturated carbocycles. The molecule has 0 saturated heterocycles. The number of likely N-dealkylation sites (N-methyl/N-ethyl adjacent to an activating group) is 1. The number of halogens is 3. The van der Waals surface area contributed by atoms with Gasteiger partial charge in [-0.1, -0.05) is 12.1 Å². The molecule has 0 radical (unpaired) electrons. The minimum absolute atomic E-state index is 0.512. The third-order valence-electron chi connectivity index (χ3n) is 3.32. The summed E-state index contributed by atoms with van der Waals surface area (Å²) in [6.45, 7) is 0.512. The number of hydrogen-bond donors (Lipinski definition) is 1. The van der Waals surface area contributed by atoms with E-state index >= 15 is 0 Å². The van der Waals surface area contributed by atoms with Crippen LogP contribution in [-0.2, 0) is 10.7 Å². The molecule has 1 aliphatic carbocycles. The Kier molecular flexibility index (Phi) is 3.77. The molecule has 6 heteroatoms. The topological polar surface area (TPSA) is 32.3 Å². The lowest BCUT2D eigenvalue weighted by Gasteiger charge is -2.24. The molecule has 110 valence electrons. The number of nitrogens with zero attached hydrogens (tertiary/aromatic N) is 1. The summed E-state index contributed by atoms with van der Waals surface area (Å²) in [4.78, 5) is 13.7. The van der Waals surface area contributed by atoms with E-state index in [0.717, 1.165) is 12.1 Å². The number of hydrogen-bond acceptors (Lipinski definition) is 2. The Morgan fingerprint density at radius 2 is 2.05 bits per heavy atom. The number of amides is 1. The molecule has 1 aliphatic rings. The number of carbonyl (C=O) groups is 1. The molecule has 3 nitrogen and oxygen atoms in total. The van der Waals surface area contributed by atoms with E-state index in [-0.39, 0.29) is 0 Å². The predicted molar refractivity (Wildman–Crippen MR) is 69.0 cm³/mol. The predicted octanol–water partition coefficient (Wildman–Crippen LogP) is 2.13. The van der Waals surface area contributed by atoms with Crippen LogP contribution < -0.4 is 5.32 Å². The van der Waals surface area contributed by atoms with Crippen LogP contribution in [0.25, 0.3) is 0 Å². The second-order valence-corrected chi connectivity index (χ2v) is 5.56. The van der Waals surface area contributed by atoms with Crippen LogP contribution in [-0.4, -0.2) is 37.0 Å². The number of benzene rings is 1. The van der Waals surface area contributed by atoms with Gasteiger partial charge < -0.3 is 10.2 Å². The minimum Gasteiger partial charge on any atom is -0.344 e. The van der Waals surface area contributed by atoms with E-state index in [1.807, 2.05) is 19.0 Å². The summed E-state index contributed by atoms with van der Waals surface area (Å²) in [7, 11) is 3.63. The van der Waals surface area contributed by atoms with Crippen molar-refractivity contribution in [2.45, 2.75) is 24.3 Å². The van der Waals surface area contributed by atoms with Gasteiger partial charge in [0.15, 0.2) is 0 Å². The van der Waals surface area contributed by atoms with Crippen LogP contribution in [0.15, 0.2) is 24.3 Å². The molecule has 20 heavy (non-hydrogen) atoms. The van der Waals surface area contributed by atoms with Crippen molar-refractivity contribution < 1.29 is 18.0 Å². The van der Waals surface area contributed by atoms with Crippen molar-refractivity contribution in [3.8, 4) is 0 Å². The van der Waals surface area contributed by atoms with Crippen molar-refractivity contribution in [1.29, 1.82) is 0 Å². The monoisotopic (exact) mass is 286 g/mol. The van der Waals surface area contributed by atoms with Crippen LogP contribution in [0.1, 0.15) is 18.4 Å². The first-order valence-electron chi connectivity index (χ1n) is 6.36. The molecule has 1 fully saturated rings. The maximum Gasteiger partial charge on any atom is 0.349 e. The standard InChI is InChI=1S/C14H17F3N2O/c1-19(2)9-13(6-7-13)18-12(20)14(16,17)10-4-3-5-11(15)8-10/h3-5,8H,6-7,9H2,1-2H3,(H,18,20). The summed E-state index contributed by atoms with van der Waals surface area (Å²) < 4.78 is 41.1. The molecule has 2 rings (SSSR count). The third kappa shape index (κ3) is 3.12. The quantitative estimate of drug-likeness (QED) is 0.899. The van der Waals surface area contributed by atoms with Gasteiger partial charge in [0.2, 0.25) is 0 Å². The normalized spacial score (nSPS) is 17.1. The van der Waals surface area contributed by atoms with Crippen molar-refractivity contribution in [2.24, 2.45) is 0 Å². The summed E-state index contributed by atoms with van der Waals surface area (Å²) in [5.74, 6) is -5.89. The van der Waals surface area contributed by atoms with Gasteiger partial charge in [-0.15, -0.1) is 0 Å². The maximum absolute atomic E-state index is 14.0. The fourth-order valence-corrected chi connectivity index (χ4v) is 2.21. The molecule has 0 unspecified atom stereocenters. The van der Waals surface area contributed by atoms with E-state index < -0.39 is 28.7 Å². The van der Waals surface area contributed by atoms with E-state index in [2.05, 4.69) is 5.32 Å². The summed E-state index contributed by atoms with van der Waals surface area (Å²) in [6, 6.07) is 3.96. The first kappa shape index (κ1) is 14.8. The fourth-order valence-electron chi connectivity index (χ4n) is 2.21. The Labute approximate surface area is 115 Å². The fraction of sp³-hybridized carbons (Fsp3) is 0.500. The van der Waals surface area contributed by atoms with Crippen LogP contribution in [0, 0.1) is 5.82 Å². The van der Waals surface area contributed by atoms with Crippen LogP contribution in [0.2, 0.25) is 0 Å². The highest BCUT2D eigenvalue weighted by Gasteiger charge is 2.50. The lowest BCUT2D eigenvalue weighted by Crippen LogP contribution is -2.49. The van der Waals surface area contributed by atoms with Crippen molar-refractivity contribution >= 4 is 5.91 Å². The Bertz CT molecular complexity index is 513. The molecule has 0 heterocycles. The largest absolute Gasteiger partial charge is 0.349 e. The SMILES string of the molecule is CN(C)CC1(NC(=O)C(F)(F)c2cccc(F)c2)CC1. The Hall–Kier alpha value is -1.56. The summed E-state index contributed by atoms with van der Waals surface area (Å²) in [5.41, 5.74) is -1.20. The molecule has 1 amide bonds. The maximum atomic E-state index is 14.0. The molecule has 0 bridgehead atoms. The zero-order valence-corrected chi connectivity index (χ0v) is 11.4. The van der Waals surface area contributed by atoms with E-state index in [1.54, 1.807) is 0 Å². The molecular weight excluding hydrogens is 269 g/mol. The van der Waals surface area contributed by atoms with Gasteiger partial charge in [-0.05, 0) is 39.1 Å². The van der Waals surface area contributed by atoms with E-state index in [1.165, 1.54) is 6.07 Å². The molecule has 0 atom stereocenters. The highest BCUT2D eigenvalue weighted by Crippen LogP contribution is 2.38. The highest BCUT2D eigenvalue weighted by atomic mass is 19.3. The Morgan fingerprint density at radius 1 is 1.40 bits per heavy atom. The lowest BCUT2D eigenvalue weighted by atomic mass is 10.1. The molecule has 1 aromatic carbocycles. The zero-order valence-electron chi connectivity index (χ0n) is 11.4. The Balaban J connectivity index is 2.12. The molecular formula is C14H17F3N2O. The van der Waals surface area contributed by atoms with Crippen molar-refractivity contribution in [3.63, 3.8) is 0 Å². The second kappa shape index (κ2) is 5.09. The van der Waals surface area contributed by atoms with Crippen molar-refractivity contribution in [2.75, 3.05) is 20.6 Å². The van der Waals surface area contributed by atoms with Crippen molar-refractivity contribution in [3.05, 3.63) is 35.6 Å². The lowest BCUT2D eigenvalue weighted by molar-refractivity contribution is -0.148. The van der Waals surface area contributed by atoms with Gasteiger partial charge in [0.1, 0.15) is 5.82 Å². The Morgan fingerprint density at radius 3 is 2.55 bits per heavy atom. The average Bonchev–Trinajstić information content (AvgIpc) is 3.07. The van der Waals surface area contributed by atoms with Gasteiger partial charge in [-0.3, -0.25) is 4.79 Å². The van der Waals surface area contributed by atoms with Gasteiger partial charge in [0.05, 0.1) is 5.54 Å². The number of carbonyl (C=O) groups excluding carboxylic acids is 1. The molecule has 0 aliphatic heterocycles. The summed E-state index contributed by atoms with van der Waals surface area (Å²) >= 11 is 0. The molecule has 0 aromatic heterocycles. The third-order valence-corrected chi connectivity index (χ3v) is 3.32. The van der Waals surface area contributed by atoms with E-state index in [9.17, 15) is 18.0 Å². The summed E-state index contributed by atoms with van der Waals surface area (Å²) in [6.07, 6.45) is 1.35. The first-order valence-corrected chi connectivity index (χ1v) is 6.36. The first-order chi connectivity index (χ1) is 9.25. The van der Waals surface area contributed by atoms with E-state index in [4.69, 9.17) is 0 Å². The highest BCUT2D eigenvalue weighted by molar-refractivity contribution is 5.85. The van der Waals surface area contributed by atoms with Crippen molar-refractivity contribution in [1.82, 2.24) is 10.2 Å². The van der Waals surface area contributed by atoms with Crippen LogP contribution in [0.4, 0.5) is 13.2 Å². The zero-order chi connectivity index (χ0) is 15.0. The minimum atomic E-state index is -3.73. The number of alkyl halides is 2. The van der Waals surface area contributed by atoms with Gasteiger partial charge in [-0.25, -0.2) is 4.39 Å². The average molecular weight is 286 g/mol. The molecule has 0 spiro atoms. The van der Waals surface area contributed by atoms with Gasteiger partial charge >= 0.3 is 5.92 Å². The van der Waals surface area contributed by atoms with Crippen LogP contribution in [0.3, 0.4) is 0 Å². The summed E-state index contributed by atoms with van der Waals surface area (Å²) in [5, 5.41) is 2.40. The second-order valence-electron chi connectivity index (χ2n) is 5.56. The smallest absolute Gasteiger partial charge is 0.344 e. The van der Waals surface area contributed by atoms with Gasteiger partial charge in [0.25, 0.3) is 5.91 Å². The van der Waals surface area contributed by atoms with Gasteiger partial charge in [0, 0.05) is 12.1 Å². The number of nitrogens with one attached hydrogen (secondary N) is 1. The van der Waals surface area contributed by atoms with E-state index in [0.29, 0.717) is 25.5 Å². The number of rotatable bonds is 5. The van der Waals surface area contributed by atoms with Crippen LogP contribution in [0.5, 0.6) is 0 Å². The molecule has 1 N–H and O–H groups in total. The van der Waals surface area contributed by atoms with Crippen LogP contribution >= 0.6 is 0 Å².